The van der Waals surface area contributed by atoms with Crippen molar-refractivity contribution < 1.29 is 34.9 Å². The lowest BCUT2D eigenvalue weighted by molar-refractivity contribution is -0.137. The Morgan fingerprint density at radius 1 is 0.970 bits per heavy atom. The van der Waals surface area contributed by atoms with E-state index in [1.165, 1.54) is 12.1 Å². The van der Waals surface area contributed by atoms with Gasteiger partial charge in [-0.15, -0.1) is 0 Å². The van der Waals surface area contributed by atoms with Crippen LogP contribution in [0.2, 0.25) is 0 Å². The van der Waals surface area contributed by atoms with E-state index in [0.29, 0.717) is 19.2 Å². The second-order valence-corrected chi connectivity index (χ2v) is 9.28. The molecular weight excluding hydrogens is 471 g/mol. The van der Waals surface area contributed by atoms with Crippen molar-refractivity contribution in [2.24, 2.45) is 0 Å². The number of rotatable bonds is 5. The summed E-state index contributed by atoms with van der Waals surface area (Å²) in [6.07, 6.45) is -4.50. The number of nitrogens with zero attached hydrogens (tertiary/aromatic N) is 4. The van der Waals surface area contributed by atoms with E-state index >= 15 is 0 Å². The molecule has 0 amide bonds. The molecule has 0 saturated carbocycles. The van der Waals surface area contributed by atoms with Gasteiger partial charge in [0.05, 0.1) is 17.0 Å². The number of alkyl halides is 3. The van der Waals surface area contributed by atoms with Crippen molar-refractivity contribution in [3.63, 3.8) is 0 Å². The minimum atomic E-state index is -4.50. The molecule has 3 aromatic rings. The lowest BCUT2D eigenvalue weighted by Gasteiger charge is -2.33. The summed E-state index contributed by atoms with van der Waals surface area (Å²) in [4.78, 5) is 5.63. The second kappa shape index (κ2) is 8.80. The summed E-state index contributed by atoms with van der Waals surface area (Å²) in [7, 11) is -3.99. The molecule has 0 aliphatic carbocycles. The predicted molar refractivity (Wildman–Crippen MR) is 105 cm³/mol. The zero-order chi connectivity index (χ0) is 23.8. The number of hydrogen-bond acceptors (Lipinski definition) is 6. The molecule has 1 aromatic heterocycles. The third-order valence-electron chi connectivity index (χ3n) is 5.14. The Hall–Kier alpha value is -2.90. The van der Waals surface area contributed by atoms with Crippen LogP contribution in [0.25, 0.3) is 11.4 Å². The standard InChI is InChI=1S/C20H17F5N4O3S/c21-16-5-4-15(11-17(16)22)33(30,31)29-8-6-28(7-9-29)12-18-26-19(27-32-18)13-2-1-3-14(10-13)20(23,24)25/h1-5,10-11H,6-9,12H2. The van der Waals surface area contributed by atoms with E-state index in [9.17, 15) is 30.4 Å². The summed E-state index contributed by atoms with van der Waals surface area (Å²) in [5, 5.41) is 3.73. The fourth-order valence-corrected chi connectivity index (χ4v) is 4.81. The van der Waals surface area contributed by atoms with Gasteiger partial charge in [0, 0.05) is 31.7 Å². The summed E-state index contributed by atoms with van der Waals surface area (Å²) in [5.41, 5.74) is -0.674. The van der Waals surface area contributed by atoms with Crippen LogP contribution in [0.1, 0.15) is 11.5 Å². The largest absolute Gasteiger partial charge is 0.416 e. The van der Waals surface area contributed by atoms with Crippen molar-refractivity contribution in [2.45, 2.75) is 17.6 Å². The topological polar surface area (TPSA) is 79.5 Å². The Bertz CT molecular complexity index is 1250. The highest BCUT2D eigenvalue weighted by Crippen LogP contribution is 2.31. The maximum Gasteiger partial charge on any atom is 0.416 e. The lowest BCUT2D eigenvalue weighted by atomic mass is 10.1. The Morgan fingerprint density at radius 3 is 2.36 bits per heavy atom. The molecule has 0 atom stereocenters. The molecule has 13 heteroatoms. The van der Waals surface area contributed by atoms with Crippen LogP contribution in [-0.4, -0.2) is 53.9 Å². The zero-order valence-corrected chi connectivity index (χ0v) is 17.7. The average Bonchev–Trinajstić information content (AvgIpc) is 3.24. The molecule has 0 unspecified atom stereocenters. The maximum atomic E-state index is 13.4. The molecule has 0 N–H and O–H groups in total. The van der Waals surface area contributed by atoms with Crippen LogP contribution in [-0.2, 0) is 22.7 Å². The van der Waals surface area contributed by atoms with Crippen molar-refractivity contribution >= 4 is 10.0 Å². The molecular formula is C20H17F5N4O3S. The van der Waals surface area contributed by atoms with Crippen molar-refractivity contribution in [3.8, 4) is 11.4 Å². The zero-order valence-electron chi connectivity index (χ0n) is 16.9. The van der Waals surface area contributed by atoms with Crippen molar-refractivity contribution in [1.82, 2.24) is 19.3 Å². The molecule has 176 valence electrons. The van der Waals surface area contributed by atoms with Crippen LogP contribution < -0.4 is 0 Å². The fourth-order valence-electron chi connectivity index (χ4n) is 3.38. The summed E-state index contributed by atoms with van der Waals surface area (Å²) < 4.78 is 96.9. The van der Waals surface area contributed by atoms with E-state index in [1.807, 2.05) is 4.90 Å². The number of piperazine rings is 1. The number of sulfonamides is 1. The Labute approximate surface area is 185 Å². The van der Waals surface area contributed by atoms with Crippen molar-refractivity contribution in [2.75, 3.05) is 26.2 Å². The molecule has 7 nitrogen and oxygen atoms in total. The second-order valence-electron chi connectivity index (χ2n) is 7.35. The average molecular weight is 488 g/mol. The van der Waals surface area contributed by atoms with Crippen LogP contribution in [0.15, 0.2) is 51.9 Å². The van der Waals surface area contributed by atoms with Gasteiger partial charge < -0.3 is 4.52 Å². The van der Waals surface area contributed by atoms with Gasteiger partial charge in [-0.3, -0.25) is 4.90 Å². The first kappa shape index (κ1) is 23.3. The molecule has 1 aliphatic heterocycles. The molecule has 1 fully saturated rings. The van der Waals surface area contributed by atoms with Gasteiger partial charge in [-0.2, -0.15) is 22.5 Å². The van der Waals surface area contributed by atoms with Gasteiger partial charge in [-0.1, -0.05) is 17.3 Å². The van der Waals surface area contributed by atoms with Crippen molar-refractivity contribution in [3.05, 3.63) is 65.6 Å². The van der Waals surface area contributed by atoms with E-state index in [4.69, 9.17) is 4.52 Å². The number of hydrogen-bond donors (Lipinski definition) is 0. The van der Waals surface area contributed by atoms with Crippen LogP contribution in [0, 0.1) is 11.6 Å². The molecule has 2 aromatic carbocycles. The van der Waals surface area contributed by atoms with E-state index in [-0.39, 0.29) is 41.8 Å². The van der Waals surface area contributed by atoms with E-state index < -0.39 is 33.4 Å². The fraction of sp³-hybridized carbons (Fsp3) is 0.300. The highest BCUT2D eigenvalue weighted by Gasteiger charge is 2.31. The quantitative estimate of drug-likeness (QED) is 0.512. The Kier molecular flexibility index (Phi) is 6.20. The normalized spacial score (nSPS) is 16.3. The Morgan fingerprint density at radius 2 is 1.70 bits per heavy atom. The molecule has 4 rings (SSSR count). The monoisotopic (exact) mass is 488 g/mol. The van der Waals surface area contributed by atoms with E-state index in [0.717, 1.165) is 28.6 Å². The summed E-state index contributed by atoms with van der Waals surface area (Å²) in [6.45, 7) is 0.950. The first-order valence-electron chi connectivity index (χ1n) is 9.72. The van der Waals surface area contributed by atoms with Crippen LogP contribution in [0.3, 0.4) is 0 Å². The summed E-state index contributed by atoms with van der Waals surface area (Å²) in [5.74, 6) is -2.21. The minimum Gasteiger partial charge on any atom is -0.338 e. The van der Waals surface area contributed by atoms with Gasteiger partial charge in [-0.25, -0.2) is 17.2 Å². The summed E-state index contributed by atoms with van der Waals surface area (Å²) >= 11 is 0. The number of benzene rings is 2. The van der Waals surface area contributed by atoms with E-state index in [1.54, 1.807) is 0 Å². The van der Waals surface area contributed by atoms with Gasteiger partial charge >= 0.3 is 6.18 Å². The van der Waals surface area contributed by atoms with Gasteiger partial charge in [-0.05, 0) is 30.3 Å². The van der Waals surface area contributed by atoms with Crippen molar-refractivity contribution in [1.29, 1.82) is 0 Å². The van der Waals surface area contributed by atoms with Crippen LogP contribution in [0.4, 0.5) is 22.0 Å². The molecule has 1 aliphatic rings. The highest BCUT2D eigenvalue weighted by molar-refractivity contribution is 7.89. The molecule has 2 heterocycles. The first-order valence-corrected chi connectivity index (χ1v) is 11.2. The van der Waals surface area contributed by atoms with Gasteiger partial charge in [0.15, 0.2) is 11.6 Å². The molecule has 0 bridgehead atoms. The summed E-state index contributed by atoms with van der Waals surface area (Å²) in [6, 6.07) is 6.97. The lowest BCUT2D eigenvalue weighted by Crippen LogP contribution is -2.48. The van der Waals surface area contributed by atoms with Crippen LogP contribution >= 0.6 is 0 Å². The SMILES string of the molecule is O=S(=O)(c1ccc(F)c(F)c1)N1CCN(Cc2nc(-c3cccc(C(F)(F)F)c3)no2)CC1. The highest BCUT2D eigenvalue weighted by atomic mass is 32.2. The Balaban J connectivity index is 1.39. The minimum absolute atomic E-state index is 0.00986. The third-order valence-corrected chi connectivity index (χ3v) is 7.03. The molecule has 0 radical (unpaired) electrons. The van der Waals surface area contributed by atoms with E-state index in [2.05, 4.69) is 10.1 Å². The number of aromatic nitrogens is 2. The smallest absolute Gasteiger partial charge is 0.338 e. The molecule has 33 heavy (non-hydrogen) atoms. The molecule has 1 saturated heterocycles. The van der Waals surface area contributed by atoms with Gasteiger partial charge in [0.1, 0.15) is 0 Å². The molecule has 0 spiro atoms. The number of halogens is 5. The van der Waals surface area contributed by atoms with Crippen LogP contribution in [0.5, 0.6) is 0 Å². The first-order chi connectivity index (χ1) is 15.5. The maximum absolute atomic E-state index is 13.4. The third kappa shape index (κ3) is 5.04. The van der Waals surface area contributed by atoms with Gasteiger partial charge in [0.25, 0.3) is 0 Å². The predicted octanol–water partition coefficient (Wildman–Crippen LogP) is 3.54. The van der Waals surface area contributed by atoms with Gasteiger partial charge in [0.2, 0.25) is 21.7 Å².